The van der Waals surface area contributed by atoms with Crippen LogP contribution >= 0.6 is 22.3 Å². The molecule has 0 radical (unpaired) electrons. The molecule has 1 aromatic carbocycles. The molecule has 20 heavy (non-hydrogen) atoms. The Kier molecular flexibility index (Phi) is 5.11. The molecule has 0 bridgehead atoms. The Hall–Kier alpha value is -0.780. The number of benzene rings is 1. The molecule has 0 aliphatic heterocycles. The number of hydrogen-bond acceptors (Lipinski definition) is 3. The Labute approximate surface area is 128 Å². The SMILES string of the molecule is CC(NC(=O)c1cc(Cl)cc(S(=O)(=O)Cl)c1)C(C)(C)C. The van der Waals surface area contributed by atoms with Crippen LogP contribution in [0, 0.1) is 5.41 Å². The van der Waals surface area contributed by atoms with Gasteiger partial charge in [-0.3, -0.25) is 4.79 Å². The van der Waals surface area contributed by atoms with Crippen LogP contribution in [0.4, 0.5) is 0 Å². The number of nitrogens with one attached hydrogen (secondary N) is 1. The molecule has 1 amide bonds. The zero-order valence-corrected chi connectivity index (χ0v) is 14.0. The maximum Gasteiger partial charge on any atom is 0.261 e. The van der Waals surface area contributed by atoms with Gasteiger partial charge in [0.15, 0.2) is 0 Å². The number of carbonyl (C=O) groups is 1. The molecular weight excluding hydrogens is 321 g/mol. The number of hydrogen-bond donors (Lipinski definition) is 1. The van der Waals surface area contributed by atoms with E-state index in [1.807, 2.05) is 27.7 Å². The summed E-state index contributed by atoms with van der Waals surface area (Å²) >= 11 is 5.82. The summed E-state index contributed by atoms with van der Waals surface area (Å²) in [6, 6.07) is 3.72. The van der Waals surface area contributed by atoms with Crippen molar-refractivity contribution in [3.8, 4) is 0 Å². The molecule has 0 aromatic heterocycles. The van der Waals surface area contributed by atoms with Crippen molar-refractivity contribution >= 4 is 37.2 Å². The van der Waals surface area contributed by atoms with Gasteiger partial charge in [0.25, 0.3) is 15.0 Å². The first kappa shape index (κ1) is 17.3. The van der Waals surface area contributed by atoms with Gasteiger partial charge in [-0.1, -0.05) is 32.4 Å². The van der Waals surface area contributed by atoms with Gasteiger partial charge in [-0.05, 0) is 30.5 Å². The fourth-order valence-corrected chi connectivity index (χ4v) is 2.43. The molecule has 0 aliphatic carbocycles. The Morgan fingerprint density at radius 3 is 2.25 bits per heavy atom. The first-order valence-electron chi connectivity index (χ1n) is 5.97. The van der Waals surface area contributed by atoms with Gasteiger partial charge in [0, 0.05) is 27.3 Å². The molecule has 112 valence electrons. The molecule has 1 N–H and O–H groups in total. The summed E-state index contributed by atoms with van der Waals surface area (Å²) in [5.74, 6) is -0.392. The second kappa shape index (κ2) is 5.92. The molecule has 0 fully saturated rings. The number of halogens is 2. The van der Waals surface area contributed by atoms with Crippen LogP contribution in [0.15, 0.2) is 23.1 Å². The lowest BCUT2D eigenvalue weighted by molar-refractivity contribution is 0.0910. The fraction of sp³-hybridized carbons (Fsp3) is 0.462. The molecule has 7 heteroatoms. The molecule has 0 heterocycles. The Morgan fingerprint density at radius 2 is 1.80 bits per heavy atom. The highest BCUT2D eigenvalue weighted by Gasteiger charge is 2.23. The lowest BCUT2D eigenvalue weighted by atomic mass is 9.88. The van der Waals surface area contributed by atoms with Crippen molar-refractivity contribution in [1.29, 1.82) is 0 Å². The summed E-state index contributed by atoms with van der Waals surface area (Å²) in [4.78, 5) is 11.9. The minimum atomic E-state index is -3.93. The molecule has 0 saturated heterocycles. The van der Waals surface area contributed by atoms with Crippen LogP contribution in [0.25, 0.3) is 0 Å². The third kappa shape index (κ3) is 4.65. The van der Waals surface area contributed by atoms with E-state index in [-0.39, 0.29) is 26.9 Å². The van der Waals surface area contributed by atoms with E-state index in [0.717, 1.165) is 0 Å². The smallest absolute Gasteiger partial charge is 0.261 e. The average Bonchev–Trinajstić information content (AvgIpc) is 2.25. The molecule has 1 aromatic rings. The summed E-state index contributed by atoms with van der Waals surface area (Å²) in [5, 5.41) is 2.95. The molecule has 1 rings (SSSR count). The highest BCUT2D eigenvalue weighted by molar-refractivity contribution is 8.13. The minimum Gasteiger partial charge on any atom is -0.349 e. The summed E-state index contributed by atoms with van der Waals surface area (Å²) in [7, 11) is 1.34. The standard InChI is InChI=1S/C13H17Cl2NO3S/c1-8(13(2,3)4)16-12(17)9-5-10(14)7-11(6-9)20(15,18)19/h5-8H,1-4H3,(H,16,17). The molecule has 4 nitrogen and oxygen atoms in total. The second-order valence-electron chi connectivity index (χ2n) is 5.67. The highest BCUT2D eigenvalue weighted by atomic mass is 35.7. The van der Waals surface area contributed by atoms with Crippen LogP contribution in [-0.2, 0) is 9.05 Å². The first-order valence-corrected chi connectivity index (χ1v) is 8.66. The van der Waals surface area contributed by atoms with Gasteiger partial charge in [-0.15, -0.1) is 0 Å². The van der Waals surface area contributed by atoms with E-state index in [4.69, 9.17) is 22.3 Å². The van der Waals surface area contributed by atoms with Crippen LogP contribution in [0.3, 0.4) is 0 Å². The van der Waals surface area contributed by atoms with E-state index in [2.05, 4.69) is 5.32 Å². The third-order valence-electron chi connectivity index (χ3n) is 3.06. The van der Waals surface area contributed by atoms with Crippen LogP contribution < -0.4 is 5.32 Å². The van der Waals surface area contributed by atoms with Crippen LogP contribution in [0.5, 0.6) is 0 Å². The average molecular weight is 338 g/mol. The van der Waals surface area contributed by atoms with E-state index in [9.17, 15) is 13.2 Å². The van der Waals surface area contributed by atoms with Crippen molar-refractivity contribution in [2.45, 2.75) is 38.6 Å². The van der Waals surface area contributed by atoms with Crippen LogP contribution in [-0.4, -0.2) is 20.4 Å². The Bertz CT molecular complexity index is 621. The van der Waals surface area contributed by atoms with Crippen LogP contribution in [0.1, 0.15) is 38.1 Å². The van der Waals surface area contributed by atoms with Crippen molar-refractivity contribution in [2.24, 2.45) is 5.41 Å². The summed E-state index contributed by atoms with van der Waals surface area (Å²) < 4.78 is 22.6. The van der Waals surface area contributed by atoms with Gasteiger partial charge < -0.3 is 5.32 Å². The van der Waals surface area contributed by atoms with E-state index in [0.29, 0.717) is 0 Å². The molecule has 0 spiro atoms. The van der Waals surface area contributed by atoms with E-state index < -0.39 is 15.0 Å². The fourth-order valence-electron chi connectivity index (χ4n) is 1.33. The normalized spacial score (nSPS) is 13.9. The summed E-state index contributed by atoms with van der Waals surface area (Å²) in [5.41, 5.74) is 0.0446. The van der Waals surface area contributed by atoms with Gasteiger partial charge in [0.1, 0.15) is 0 Å². The monoisotopic (exact) mass is 337 g/mol. The topological polar surface area (TPSA) is 63.2 Å². The Morgan fingerprint density at radius 1 is 1.25 bits per heavy atom. The van der Waals surface area contributed by atoms with Gasteiger partial charge in [-0.2, -0.15) is 0 Å². The number of rotatable bonds is 3. The molecule has 0 aliphatic rings. The minimum absolute atomic E-state index is 0.0926. The zero-order chi connectivity index (χ0) is 15.7. The first-order chi connectivity index (χ1) is 8.91. The van der Waals surface area contributed by atoms with Gasteiger partial charge >= 0.3 is 0 Å². The van der Waals surface area contributed by atoms with Crippen LogP contribution in [0.2, 0.25) is 5.02 Å². The summed E-state index contributed by atoms with van der Waals surface area (Å²) in [6.45, 7) is 7.85. The van der Waals surface area contributed by atoms with Gasteiger partial charge in [0.2, 0.25) is 0 Å². The van der Waals surface area contributed by atoms with E-state index in [1.54, 1.807) is 0 Å². The molecular formula is C13H17Cl2NO3S. The van der Waals surface area contributed by atoms with Gasteiger partial charge in [-0.25, -0.2) is 8.42 Å². The quantitative estimate of drug-likeness (QED) is 0.859. The second-order valence-corrected chi connectivity index (χ2v) is 8.68. The number of amides is 1. The lowest BCUT2D eigenvalue weighted by Gasteiger charge is -2.28. The predicted octanol–water partition coefficient (Wildman–Crippen LogP) is 3.43. The van der Waals surface area contributed by atoms with Crippen molar-refractivity contribution in [3.05, 3.63) is 28.8 Å². The van der Waals surface area contributed by atoms with Gasteiger partial charge in [0.05, 0.1) is 4.90 Å². The maximum atomic E-state index is 12.1. The molecule has 1 unspecified atom stereocenters. The highest BCUT2D eigenvalue weighted by Crippen LogP contribution is 2.23. The zero-order valence-electron chi connectivity index (χ0n) is 11.7. The Balaban J connectivity index is 3.09. The van der Waals surface area contributed by atoms with Crippen molar-refractivity contribution in [3.63, 3.8) is 0 Å². The molecule has 1 atom stereocenters. The van der Waals surface area contributed by atoms with E-state index in [1.165, 1.54) is 18.2 Å². The van der Waals surface area contributed by atoms with E-state index >= 15 is 0 Å². The molecule has 0 saturated carbocycles. The lowest BCUT2D eigenvalue weighted by Crippen LogP contribution is -2.41. The third-order valence-corrected chi connectivity index (χ3v) is 4.61. The largest absolute Gasteiger partial charge is 0.349 e. The van der Waals surface area contributed by atoms with Crippen molar-refractivity contribution in [1.82, 2.24) is 5.32 Å². The number of carbonyl (C=O) groups excluding carboxylic acids is 1. The van der Waals surface area contributed by atoms with Crippen molar-refractivity contribution < 1.29 is 13.2 Å². The van der Waals surface area contributed by atoms with Crippen molar-refractivity contribution in [2.75, 3.05) is 0 Å². The maximum absolute atomic E-state index is 12.1. The summed E-state index contributed by atoms with van der Waals surface area (Å²) in [6.07, 6.45) is 0. The predicted molar refractivity (Wildman–Crippen MR) is 80.9 cm³/mol.